The van der Waals surface area contributed by atoms with Crippen LogP contribution in [0.1, 0.15) is 12.8 Å². The van der Waals surface area contributed by atoms with Gasteiger partial charge in [0.15, 0.2) is 0 Å². The molecule has 1 aliphatic carbocycles. The summed E-state index contributed by atoms with van der Waals surface area (Å²) in [6, 6.07) is 0. The van der Waals surface area contributed by atoms with Crippen LogP contribution in [0.3, 0.4) is 0 Å². The molecule has 0 spiro atoms. The second-order valence-corrected chi connectivity index (χ2v) is 3.87. The van der Waals surface area contributed by atoms with E-state index in [2.05, 4.69) is 50.7 Å². The fourth-order valence-electron chi connectivity index (χ4n) is 0.827. The highest BCUT2D eigenvalue weighted by atomic mass is 127. The SMILES string of the molecule is BrCC1=CC(I)=CCC1. The van der Waals surface area contributed by atoms with Crippen molar-refractivity contribution in [2.45, 2.75) is 12.8 Å². The minimum Gasteiger partial charge on any atom is -0.0880 e. The van der Waals surface area contributed by atoms with E-state index >= 15 is 0 Å². The summed E-state index contributed by atoms with van der Waals surface area (Å²) in [5, 5.41) is 1.04. The zero-order valence-electron chi connectivity index (χ0n) is 5.03. The molecule has 0 N–H and O–H groups in total. The molecule has 0 unspecified atom stereocenters. The molecule has 0 amide bonds. The highest BCUT2D eigenvalue weighted by Crippen LogP contribution is 2.22. The lowest BCUT2D eigenvalue weighted by atomic mass is 10.1. The lowest BCUT2D eigenvalue weighted by Gasteiger charge is -2.06. The molecular formula is C7H8BrI. The molecule has 0 fully saturated rings. The molecule has 0 aromatic carbocycles. The Morgan fingerprint density at radius 2 is 2.44 bits per heavy atom. The van der Waals surface area contributed by atoms with E-state index in [1.807, 2.05) is 0 Å². The Morgan fingerprint density at radius 1 is 1.67 bits per heavy atom. The Morgan fingerprint density at radius 3 is 2.89 bits per heavy atom. The van der Waals surface area contributed by atoms with Crippen molar-refractivity contribution >= 4 is 38.5 Å². The van der Waals surface area contributed by atoms with Gasteiger partial charge in [0.2, 0.25) is 0 Å². The Balaban J connectivity index is 2.63. The summed E-state index contributed by atoms with van der Waals surface area (Å²) < 4.78 is 1.38. The zero-order chi connectivity index (χ0) is 6.69. The van der Waals surface area contributed by atoms with Gasteiger partial charge in [0.1, 0.15) is 0 Å². The van der Waals surface area contributed by atoms with Gasteiger partial charge in [0.05, 0.1) is 0 Å². The average molecular weight is 299 g/mol. The Hall–Kier alpha value is 0.690. The molecule has 0 saturated carbocycles. The van der Waals surface area contributed by atoms with Crippen molar-refractivity contribution in [3.05, 3.63) is 21.3 Å². The summed E-state index contributed by atoms with van der Waals surface area (Å²) in [4.78, 5) is 0. The quantitative estimate of drug-likeness (QED) is 0.514. The van der Waals surface area contributed by atoms with Crippen molar-refractivity contribution in [3.8, 4) is 0 Å². The van der Waals surface area contributed by atoms with Crippen LogP contribution in [0.25, 0.3) is 0 Å². The van der Waals surface area contributed by atoms with E-state index in [-0.39, 0.29) is 0 Å². The summed E-state index contributed by atoms with van der Waals surface area (Å²) >= 11 is 5.80. The summed E-state index contributed by atoms with van der Waals surface area (Å²) in [6.45, 7) is 0. The predicted octanol–water partition coefficient (Wildman–Crippen LogP) is 3.42. The van der Waals surface area contributed by atoms with Crippen molar-refractivity contribution in [3.63, 3.8) is 0 Å². The smallest absolute Gasteiger partial charge is 0.0245 e. The Bertz CT molecular complexity index is 158. The number of allylic oxidation sites excluding steroid dienone is 4. The van der Waals surface area contributed by atoms with Gasteiger partial charge in [-0.15, -0.1) is 0 Å². The molecule has 0 aliphatic heterocycles. The fraction of sp³-hybridized carbons (Fsp3) is 0.429. The Kier molecular flexibility index (Phi) is 3.26. The molecule has 0 radical (unpaired) electrons. The van der Waals surface area contributed by atoms with E-state index in [1.165, 1.54) is 22.0 Å². The number of hydrogen-bond acceptors (Lipinski definition) is 0. The van der Waals surface area contributed by atoms with Crippen LogP contribution >= 0.6 is 38.5 Å². The van der Waals surface area contributed by atoms with E-state index in [9.17, 15) is 0 Å². The van der Waals surface area contributed by atoms with Gasteiger partial charge in [-0.25, -0.2) is 0 Å². The fourth-order valence-corrected chi connectivity index (χ4v) is 2.02. The second kappa shape index (κ2) is 3.76. The molecule has 9 heavy (non-hydrogen) atoms. The van der Waals surface area contributed by atoms with Gasteiger partial charge in [-0.2, -0.15) is 0 Å². The van der Waals surface area contributed by atoms with Crippen LogP contribution in [0.4, 0.5) is 0 Å². The summed E-state index contributed by atoms with van der Waals surface area (Å²) in [5.41, 5.74) is 1.52. The van der Waals surface area contributed by atoms with Gasteiger partial charge >= 0.3 is 0 Å². The lowest BCUT2D eigenvalue weighted by Crippen LogP contribution is -1.88. The van der Waals surface area contributed by atoms with Crippen molar-refractivity contribution < 1.29 is 0 Å². The molecule has 50 valence electrons. The molecule has 2 heteroatoms. The van der Waals surface area contributed by atoms with Crippen LogP contribution < -0.4 is 0 Å². The molecule has 0 atom stereocenters. The van der Waals surface area contributed by atoms with Gasteiger partial charge in [0, 0.05) is 8.91 Å². The summed E-state index contributed by atoms with van der Waals surface area (Å²) in [5.74, 6) is 0. The Labute approximate surface area is 77.7 Å². The monoisotopic (exact) mass is 298 g/mol. The van der Waals surface area contributed by atoms with Crippen LogP contribution in [0.5, 0.6) is 0 Å². The number of rotatable bonds is 1. The van der Waals surface area contributed by atoms with Crippen molar-refractivity contribution in [2.75, 3.05) is 5.33 Å². The minimum atomic E-state index is 1.04. The summed E-state index contributed by atoms with van der Waals surface area (Å²) in [7, 11) is 0. The van der Waals surface area contributed by atoms with Gasteiger partial charge < -0.3 is 0 Å². The maximum atomic E-state index is 3.44. The highest BCUT2D eigenvalue weighted by molar-refractivity contribution is 14.1. The average Bonchev–Trinajstić information content (AvgIpc) is 1.88. The van der Waals surface area contributed by atoms with Gasteiger partial charge in [-0.1, -0.05) is 27.6 Å². The third-order valence-electron chi connectivity index (χ3n) is 1.32. The minimum absolute atomic E-state index is 1.04. The van der Waals surface area contributed by atoms with Crippen LogP contribution in [0.15, 0.2) is 21.3 Å². The first-order valence-electron chi connectivity index (χ1n) is 2.94. The van der Waals surface area contributed by atoms with Crippen molar-refractivity contribution in [1.82, 2.24) is 0 Å². The third kappa shape index (κ3) is 2.42. The molecule has 0 saturated heterocycles. The molecule has 0 aromatic heterocycles. The summed E-state index contributed by atoms with van der Waals surface area (Å²) in [6.07, 6.45) is 6.97. The van der Waals surface area contributed by atoms with E-state index in [4.69, 9.17) is 0 Å². The van der Waals surface area contributed by atoms with Crippen LogP contribution in [-0.2, 0) is 0 Å². The molecule has 0 heterocycles. The maximum Gasteiger partial charge on any atom is 0.0245 e. The molecular weight excluding hydrogens is 291 g/mol. The molecule has 0 bridgehead atoms. The molecule has 0 nitrogen and oxygen atoms in total. The van der Waals surface area contributed by atoms with Crippen molar-refractivity contribution in [1.29, 1.82) is 0 Å². The lowest BCUT2D eigenvalue weighted by molar-refractivity contribution is 0.967. The second-order valence-electron chi connectivity index (χ2n) is 2.06. The zero-order valence-corrected chi connectivity index (χ0v) is 8.78. The largest absolute Gasteiger partial charge is 0.0880 e. The standard InChI is InChI=1S/C7H8BrI/c8-5-6-2-1-3-7(9)4-6/h3-4H,1-2,5H2. The first-order valence-corrected chi connectivity index (χ1v) is 5.14. The number of alkyl halides is 1. The van der Waals surface area contributed by atoms with Gasteiger partial charge in [0.25, 0.3) is 0 Å². The first-order chi connectivity index (χ1) is 4.33. The topological polar surface area (TPSA) is 0 Å². The molecule has 1 rings (SSSR count). The third-order valence-corrected chi connectivity index (χ3v) is 2.79. The van der Waals surface area contributed by atoms with Crippen molar-refractivity contribution in [2.24, 2.45) is 0 Å². The number of hydrogen-bond donors (Lipinski definition) is 0. The van der Waals surface area contributed by atoms with Gasteiger partial charge in [-0.3, -0.25) is 0 Å². The van der Waals surface area contributed by atoms with E-state index < -0.39 is 0 Å². The number of halogens is 2. The van der Waals surface area contributed by atoms with Gasteiger partial charge in [-0.05, 0) is 41.5 Å². The normalized spacial score (nSPS) is 18.9. The van der Waals surface area contributed by atoms with E-state index in [0.29, 0.717) is 0 Å². The maximum absolute atomic E-state index is 3.44. The highest BCUT2D eigenvalue weighted by Gasteiger charge is 2.00. The molecule has 1 aliphatic rings. The predicted molar refractivity (Wildman–Crippen MR) is 53.2 cm³/mol. The van der Waals surface area contributed by atoms with Crippen LogP contribution in [0, 0.1) is 0 Å². The van der Waals surface area contributed by atoms with E-state index in [1.54, 1.807) is 0 Å². The van der Waals surface area contributed by atoms with Crippen LogP contribution in [-0.4, -0.2) is 5.33 Å². The van der Waals surface area contributed by atoms with Crippen LogP contribution in [0.2, 0.25) is 0 Å². The molecule has 0 aromatic rings. The van der Waals surface area contributed by atoms with E-state index in [0.717, 1.165) is 5.33 Å². The first kappa shape index (κ1) is 7.79.